The fourth-order valence-corrected chi connectivity index (χ4v) is 3.00. The number of thiazole rings is 1. The molecule has 2 aromatic heterocycles. The van der Waals surface area contributed by atoms with Crippen LogP contribution >= 0.6 is 11.3 Å². The quantitative estimate of drug-likeness (QED) is 0.735. The van der Waals surface area contributed by atoms with Crippen molar-refractivity contribution in [3.8, 4) is 22.2 Å². The average molecular weight is 355 g/mol. The Morgan fingerprint density at radius 1 is 1.16 bits per heavy atom. The van der Waals surface area contributed by atoms with Crippen LogP contribution in [0, 0.1) is 0 Å². The molecule has 3 rings (SSSR count). The summed E-state index contributed by atoms with van der Waals surface area (Å²) < 4.78 is 10.2. The predicted molar refractivity (Wildman–Crippen MR) is 96.1 cm³/mol. The molecule has 0 atom stereocenters. The average Bonchev–Trinajstić information content (AvgIpc) is 3.16. The van der Waals surface area contributed by atoms with E-state index < -0.39 is 0 Å². The van der Waals surface area contributed by atoms with Crippen LogP contribution in [0.1, 0.15) is 16.1 Å². The highest BCUT2D eigenvalue weighted by Crippen LogP contribution is 2.25. The number of aromatic nitrogens is 2. The van der Waals surface area contributed by atoms with E-state index in [4.69, 9.17) is 9.47 Å². The predicted octanol–water partition coefficient (Wildman–Crippen LogP) is 3.15. The third-order valence-electron chi connectivity index (χ3n) is 3.54. The number of rotatable bonds is 6. The van der Waals surface area contributed by atoms with E-state index >= 15 is 0 Å². The second kappa shape index (κ2) is 7.76. The number of carbonyl (C=O) groups excluding carboxylic acids is 1. The molecule has 1 aromatic carbocycles. The molecule has 2 heterocycles. The SMILES string of the molecule is COc1ccc(-c2nc(C(=O)NCc3ccnc(OC)c3)cs2)cc1. The van der Waals surface area contributed by atoms with Gasteiger partial charge in [-0.15, -0.1) is 11.3 Å². The number of nitrogens with one attached hydrogen (secondary N) is 1. The molecule has 0 radical (unpaired) electrons. The number of hydrogen-bond acceptors (Lipinski definition) is 6. The number of hydrogen-bond donors (Lipinski definition) is 1. The zero-order chi connectivity index (χ0) is 17.6. The van der Waals surface area contributed by atoms with Gasteiger partial charge in [0, 0.05) is 29.8 Å². The van der Waals surface area contributed by atoms with Crippen LogP contribution in [0.3, 0.4) is 0 Å². The van der Waals surface area contributed by atoms with Crippen molar-refractivity contribution in [3.63, 3.8) is 0 Å². The lowest BCUT2D eigenvalue weighted by atomic mass is 10.2. The highest BCUT2D eigenvalue weighted by atomic mass is 32.1. The van der Waals surface area contributed by atoms with E-state index in [-0.39, 0.29) is 5.91 Å². The number of pyridine rings is 1. The summed E-state index contributed by atoms with van der Waals surface area (Å²) in [5.74, 6) is 1.08. The molecule has 0 aliphatic rings. The Hall–Kier alpha value is -2.93. The van der Waals surface area contributed by atoms with Crippen molar-refractivity contribution in [2.45, 2.75) is 6.54 Å². The third kappa shape index (κ3) is 4.13. The summed E-state index contributed by atoms with van der Waals surface area (Å²) in [4.78, 5) is 20.7. The first-order valence-corrected chi connectivity index (χ1v) is 8.44. The minimum atomic E-state index is -0.216. The van der Waals surface area contributed by atoms with Crippen LogP contribution in [0.5, 0.6) is 11.6 Å². The van der Waals surface area contributed by atoms with Gasteiger partial charge in [-0.05, 0) is 35.9 Å². The number of ether oxygens (including phenoxy) is 2. The fourth-order valence-electron chi connectivity index (χ4n) is 2.19. The minimum Gasteiger partial charge on any atom is -0.497 e. The van der Waals surface area contributed by atoms with E-state index in [1.54, 1.807) is 31.9 Å². The highest BCUT2D eigenvalue weighted by molar-refractivity contribution is 7.13. The van der Waals surface area contributed by atoms with Crippen LogP contribution in [-0.2, 0) is 6.54 Å². The number of methoxy groups -OCH3 is 2. The molecule has 1 amide bonds. The lowest BCUT2D eigenvalue weighted by Crippen LogP contribution is -2.23. The summed E-state index contributed by atoms with van der Waals surface area (Å²) in [7, 11) is 3.18. The Morgan fingerprint density at radius 2 is 1.96 bits per heavy atom. The number of nitrogens with zero attached hydrogens (tertiary/aromatic N) is 2. The van der Waals surface area contributed by atoms with Crippen LogP contribution in [0.2, 0.25) is 0 Å². The lowest BCUT2D eigenvalue weighted by Gasteiger charge is -2.05. The second-order valence-electron chi connectivity index (χ2n) is 5.16. The number of benzene rings is 1. The van der Waals surface area contributed by atoms with Gasteiger partial charge in [0.05, 0.1) is 14.2 Å². The normalized spacial score (nSPS) is 10.3. The molecule has 6 nitrogen and oxygen atoms in total. The van der Waals surface area contributed by atoms with Crippen molar-refractivity contribution in [3.05, 3.63) is 59.2 Å². The standard InChI is InChI=1S/C18H17N3O3S/c1-23-14-5-3-13(4-6-14)18-21-15(11-25-18)17(22)20-10-12-7-8-19-16(9-12)24-2/h3-9,11H,10H2,1-2H3,(H,20,22). The van der Waals surface area contributed by atoms with Crippen molar-refractivity contribution < 1.29 is 14.3 Å². The maximum absolute atomic E-state index is 12.3. The molecule has 0 aliphatic heterocycles. The summed E-state index contributed by atoms with van der Waals surface area (Å²) >= 11 is 1.43. The summed E-state index contributed by atoms with van der Waals surface area (Å²) in [6.07, 6.45) is 1.64. The van der Waals surface area contributed by atoms with Gasteiger partial charge in [-0.1, -0.05) is 0 Å². The number of amides is 1. The first-order chi connectivity index (χ1) is 12.2. The molecule has 25 heavy (non-hydrogen) atoms. The molecule has 128 valence electrons. The molecule has 7 heteroatoms. The summed E-state index contributed by atoms with van der Waals surface area (Å²) in [5.41, 5.74) is 2.26. The molecule has 0 aliphatic carbocycles. The maximum atomic E-state index is 12.3. The van der Waals surface area contributed by atoms with E-state index in [9.17, 15) is 4.79 Å². The van der Waals surface area contributed by atoms with Gasteiger partial charge >= 0.3 is 0 Å². The number of carbonyl (C=O) groups is 1. The van der Waals surface area contributed by atoms with Gasteiger partial charge in [0.2, 0.25) is 5.88 Å². The molecule has 3 aromatic rings. The van der Waals surface area contributed by atoms with Gasteiger partial charge in [-0.2, -0.15) is 0 Å². The van der Waals surface area contributed by atoms with Gasteiger partial charge in [0.1, 0.15) is 16.5 Å². The molecule has 0 saturated carbocycles. The molecular weight excluding hydrogens is 338 g/mol. The molecule has 0 unspecified atom stereocenters. The van der Waals surface area contributed by atoms with Gasteiger partial charge in [0.15, 0.2) is 0 Å². The minimum absolute atomic E-state index is 0.216. The Morgan fingerprint density at radius 3 is 2.68 bits per heavy atom. The van der Waals surface area contributed by atoms with E-state index in [0.717, 1.165) is 21.9 Å². The van der Waals surface area contributed by atoms with Gasteiger partial charge < -0.3 is 14.8 Å². The van der Waals surface area contributed by atoms with E-state index in [1.807, 2.05) is 30.3 Å². The van der Waals surface area contributed by atoms with E-state index in [0.29, 0.717) is 18.1 Å². The summed E-state index contributed by atoms with van der Waals surface area (Å²) in [6.45, 7) is 0.382. The van der Waals surface area contributed by atoms with Crippen molar-refractivity contribution >= 4 is 17.2 Å². The van der Waals surface area contributed by atoms with E-state index in [1.165, 1.54) is 11.3 Å². The Balaban J connectivity index is 1.65. The first kappa shape index (κ1) is 16.9. The van der Waals surface area contributed by atoms with Gasteiger partial charge in [-0.25, -0.2) is 9.97 Å². The molecule has 0 saturated heterocycles. The summed E-state index contributed by atoms with van der Waals surface area (Å²) in [6, 6.07) is 11.2. The van der Waals surface area contributed by atoms with Crippen molar-refractivity contribution in [2.24, 2.45) is 0 Å². The molecule has 0 spiro atoms. The van der Waals surface area contributed by atoms with Crippen molar-refractivity contribution in [1.29, 1.82) is 0 Å². The first-order valence-electron chi connectivity index (χ1n) is 7.56. The largest absolute Gasteiger partial charge is 0.497 e. The van der Waals surface area contributed by atoms with Crippen LogP contribution < -0.4 is 14.8 Å². The van der Waals surface area contributed by atoms with Crippen molar-refractivity contribution in [2.75, 3.05) is 14.2 Å². The molecular formula is C18H17N3O3S. The zero-order valence-corrected chi connectivity index (χ0v) is 14.7. The molecule has 1 N–H and O–H groups in total. The van der Waals surface area contributed by atoms with E-state index in [2.05, 4.69) is 15.3 Å². The topological polar surface area (TPSA) is 73.3 Å². The highest BCUT2D eigenvalue weighted by Gasteiger charge is 2.12. The van der Waals surface area contributed by atoms with Gasteiger partial charge in [-0.3, -0.25) is 4.79 Å². The van der Waals surface area contributed by atoms with Crippen LogP contribution in [0.4, 0.5) is 0 Å². The van der Waals surface area contributed by atoms with Crippen LogP contribution in [-0.4, -0.2) is 30.1 Å². The van der Waals surface area contributed by atoms with Crippen LogP contribution in [0.15, 0.2) is 48.0 Å². The monoisotopic (exact) mass is 355 g/mol. The second-order valence-corrected chi connectivity index (χ2v) is 6.01. The third-order valence-corrected chi connectivity index (χ3v) is 4.43. The van der Waals surface area contributed by atoms with Crippen LogP contribution in [0.25, 0.3) is 10.6 Å². The Kier molecular flexibility index (Phi) is 5.25. The molecule has 0 bridgehead atoms. The van der Waals surface area contributed by atoms with Gasteiger partial charge in [0.25, 0.3) is 5.91 Å². The zero-order valence-electron chi connectivity index (χ0n) is 13.9. The lowest BCUT2D eigenvalue weighted by molar-refractivity contribution is 0.0946. The summed E-state index contributed by atoms with van der Waals surface area (Å²) in [5, 5.41) is 5.39. The Bertz CT molecular complexity index is 862. The Labute approximate surface area is 149 Å². The smallest absolute Gasteiger partial charge is 0.271 e. The van der Waals surface area contributed by atoms with Crippen molar-refractivity contribution in [1.82, 2.24) is 15.3 Å². The fraction of sp³-hybridized carbons (Fsp3) is 0.167. The molecule has 0 fully saturated rings. The maximum Gasteiger partial charge on any atom is 0.271 e.